The van der Waals surface area contributed by atoms with Gasteiger partial charge in [-0.05, 0) is 60.7 Å². The molecule has 0 aromatic heterocycles. The fourth-order valence-corrected chi connectivity index (χ4v) is 3.77. The molecule has 6 heteroatoms. The van der Waals surface area contributed by atoms with Gasteiger partial charge in [0.25, 0.3) is 0 Å². The van der Waals surface area contributed by atoms with Crippen molar-refractivity contribution in [2.75, 3.05) is 26.7 Å². The molecule has 3 rings (SSSR count). The maximum absolute atomic E-state index is 11.6. The molecule has 33 heavy (non-hydrogen) atoms. The molecule has 174 valence electrons. The number of rotatable bonds is 13. The highest BCUT2D eigenvalue weighted by molar-refractivity contribution is 5.49. The van der Waals surface area contributed by atoms with Gasteiger partial charge in [0.05, 0.1) is 12.0 Å². The van der Waals surface area contributed by atoms with Crippen LogP contribution in [0.15, 0.2) is 72.8 Å². The molecule has 6 nitrogen and oxygen atoms in total. The quantitative estimate of drug-likeness (QED) is 0.249. The molecule has 0 aliphatic heterocycles. The lowest BCUT2D eigenvalue weighted by molar-refractivity contribution is -0.386. The third-order valence-electron chi connectivity index (χ3n) is 5.56. The zero-order valence-corrected chi connectivity index (χ0v) is 19.4. The predicted molar refractivity (Wildman–Crippen MR) is 131 cm³/mol. The lowest BCUT2D eigenvalue weighted by Crippen LogP contribution is -2.29. The zero-order chi connectivity index (χ0) is 23.5. The number of ether oxygens (including phenoxy) is 2. The van der Waals surface area contributed by atoms with Gasteiger partial charge < -0.3 is 14.4 Å². The predicted octanol–water partition coefficient (Wildman–Crippen LogP) is 5.68. The number of methoxy groups -OCH3 is 1. The van der Waals surface area contributed by atoms with E-state index in [1.807, 2.05) is 48.5 Å². The van der Waals surface area contributed by atoms with Gasteiger partial charge in [-0.3, -0.25) is 10.1 Å². The molecule has 0 spiro atoms. The second-order valence-corrected chi connectivity index (χ2v) is 8.03. The van der Waals surface area contributed by atoms with E-state index in [4.69, 9.17) is 9.47 Å². The molecule has 0 atom stereocenters. The Morgan fingerprint density at radius 1 is 0.848 bits per heavy atom. The van der Waals surface area contributed by atoms with Gasteiger partial charge in [0.15, 0.2) is 5.75 Å². The van der Waals surface area contributed by atoms with E-state index < -0.39 is 0 Å². The average Bonchev–Trinajstić information content (AvgIpc) is 2.85. The summed E-state index contributed by atoms with van der Waals surface area (Å²) in [5.74, 6) is 1.17. The van der Waals surface area contributed by atoms with Crippen molar-refractivity contribution >= 4 is 5.69 Å². The van der Waals surface area contributed by atoms with Gasteiger partial charge in [0.1, 0.15) is 12.4 Å². The van der Waals surface area contributed by atoms with Crippen molar-refractivity contribution in [3.05, 3.63) is 99.6 Å². The van der Waals surface area contributed by atoms with E-state index >= 15 is 0 Å². The Labute approximate surface area is 195 Å². The van der Waals surface area contributed by atoms with Crippen molar-refractivity contribution in [3.63, 3.8) is 0 Å². The van der Waals surface area contributed by atoms with Crippen molar-refractivity contribution in [2.45, 2.75) is 32.8 Å². The number of nitrogens with zero attached hydrogens (tertiary/aromatic N) is 2. The molecule has 0 bridgehead atoms. The van der Waals surface area contributed by atoms with Gasteiger partial charge >= 0.3 is 5.69 Å². The molecular weight excluding hydrogens is 416 g/mol. The molecule has 0 amide bonds. The van der Waals surface area contributed by atoms with Crippen LogP contribution in [0.25, 0.3) is 0 Å². The third kappa shape index (κ3) is 7.61. The fraction of sp³-hybridized carbons (Fsp3) is 0.333. The summed E-state index contributed by atoms with van der Waals surface area (Å²) in [7, 11) is 1.68. The summed E-state index contributed by atoms with van der Waals surface area (Å²) in [4.78, 5) is 13.7. The van der Waals surface area contributed by atoms with E-state index in [9.17, 15) is 10.1 Å². The molecule has 0 heterocycles. The van der Waals surface area contributed by atoms with Crippen LogP contribution in [0.5, 0.6) is 11.5 Å². The maximum Gasteiger partial charge on any atom is 0.311 e. The van der Waals surface area contributed by atoms with Crippen molar-refractivity contribution in [2.24, 2.45) is 0 Å². The average molecular weight is 449 g/mol. The maximum atomic E-state index is 11.6. The van der Waals surface area contributed by atoms with E-state index in [0.717, 1.165) is 55.8 Å². The topological polar surface area (TPSA) is 64.8 Å². The monoisotopic (exact) mass is 448 g/mol. The number of nitro groups is 1. The van der Waals surface area contributed by atoms with Crippen LogP contribution in [0, 0.1) is 10.1 Å². The summed E-state index contributed by atoms with van der Waals surface area (Å²) in [5, 5.41) is 11.6. The Morgan fingerprint density at radius 3 is 2.21 bits per heavy atom. The molecule has 0 aliphatic carbocycles. The van der Waals surface area contributed by atoms with Crippen molar-refractivity contribution in [3.8, 4) is 11.5 Å². The molecule has 0 saturated carbocycles. The molecule has 0 radical (unpaired) electrons. The highest BCUT2D eigenvalue weighted by Crippen LogP contribution is 2.29. The van der Waals surface area contributed by atoms with Crippen LogP contribution in [0.3, 0.4) is 0 Å². The second-order valence-electron chi connectivity index (χ2n) is 8.03. The molecule has 3 aromatic carbocycles. The first-order chi connectivity index (χ1) is 16.1. The Morgan fingerprint density at radius 2 is 1.55 bits per heavy atom. The van der Waals surface area contributed by atoms with Gasteiger partial charge in [-0.25, -0.2) is 0 Å². The third-order valence-corrected chi connectivity index (χ3v) is 5.56. The van der Waals surface area contributed by atoms with Crippen molar-refractivity contribution in [1.29, 1.82) is 0 Å². The normalized spacial score (nSPS) is 10.9. The van der Waals surface area contributed by atoms with E-state index in [2.05, 4.69) is 24.0 Å². The summed E-state index contributed by atoms with van der Waals surface area (Å²) < 4.78 is 11.1. The van der Waals surface area contributed by atoms with Gasteiger partial charge in [0, 0.05) is 19.2 Å². The summed E-state index contributed by atoms with van der Waals surface area (Å²) in [6, 6.07) is 23.1. The summed E-state index contributed by atoms with van der Waals surface area (Å²) in [6.07, 6.45) is 2.74. The first-order valence-corrected chi connectivity index (χ1v) is 11.4. The smallest absolute Gasteiger partial charge is 0.311 e. The SMILES string of the molecule is CCCN(CCc1cccc(OC)c1)CCc1ccc(OCc2ccccc2)c([N+](=O)[O-])c1. The van der Waals surface area contributed by atoms with Crippen molar-refractivity contribution < 1.29 is 14.4 Å². The summed E-state index contributed by atoms with van der Waals surface area (Å²) in [5.41, 5.74) is 3.17. The molecule has 0 N–H and O–H groups in total. The van der Waals surface area contributed by atoms with Crippen LogP contribution in [0.1, 0.15) is 30.0 Å². The number of nitro benzene ring substituents is 1. The van der Waals surface area contributed by atoms with E-state index in [1.165, 1.54) is 5.56 Å². The Kier molecular flexibility index (Phi) is 9.27. The van der Waals surface area contributed by atoms with Crippen LogP contribution in [0.2, 0.25) is 0 Å². The van der Waals surface area contributed by atoms with Crippen LogP contribution >= 0.6 is 0 Å². The first-order valence-electron chi connectivity index (χ1n) is 11.4. The number of hydrogen-bond donors (Lipinski definition) is 0. The summed E-state index contributed by atoms with van der Waals surface area (Å²) in [6.45, 7) is 5.24. The van der Waals surface area contributed by atoms with Gasteiger partial charge in [0.2, 0.25) is 0 Å². The molecular formula is C27H32N2O4. The minimum atomic E-state index is -0.365. The number of benzene rings is 3. The molecule has 0 saturated heterocycles. The minimum Gasteiger partial charge on any atom is -0.497 e. The number of hydrogen-bond acceptors (Lipinski definition) is 5. The molecule has 3 aromatic rings. The fourth-order valence-electron chi connectivity index (χ4n) is 3.77. The van der Waals surface area contributed by atoms with Gasteiger partial charge in [-0.15, -0.1) is 0 Å². The second kappa shape index (κ2) is 12.6. The van der Waals surface area contributed by atoms with E-state index in [1.54, 1.807) is 19.2 Å². The van der Waals surface area contributed by atoms with E-state index in [-0.39, 0.29) is 10.6 Å². The lowest BCUT2D eigenvalue weighted by atomic mass is 10.1. The van der Waals surface area contributed by atoms with Crippen LogP contribution < -0.4 is 9.47 Å². The Bertz CT molecular complexity index is 1020. The molecule has 0 unspecified atom stereocenters. The van der Waals surface area contributed by atoms with Crippen LogP contribution in [-0.2, 0) is 19.4 Å². The van der Waals surface area contributed by atoms with Crippen LogP contribution in [0.4, 0.5) is 5.69 Å². The summed E-state index contributed by atoms with van der Waals surface area (Å²) >= 11 is 0. The van der Waals surface area contributed by atoms with Crippen LogP contribution in [-0.4, -0.2) is 36.6 Å². The largest absolute Gasteiger partial charge is 0.497 e. The highest BCUT2D eigenvalue weighted by atomic mass is 16.6. The van der Waals surface area contributed by atoms with E-state index in [0.29, 0.717) is 12.4 Å². The first kappa shape index (κ1) is 24.3. The highest BCUT2D eigenvalue weighted by Gasteiger charge is 2.17. The molecule has 0 aliphatic rings. The van der Waals surface area contributed by atoms with Gasteiger partial charge in [-0.2, -0.15) is 0 Å². The Balaban J connectivity index is 1.60. The van der Waals surface area contributed by atoms with Gasteiger partial charge in [-0.1, -0.05) is 55.5 Å². The minimum absolute atomic E-state index is 0.0156. The zero-order valence-electron chi connectivity index (χ0n) is 19.4. The Hall–Kier alpha value is -3.38. The standard InChI is InChI=1S/C27H32N2O4/c1-3-16-28(17-14-22-10-7-11-25(19-22)32-2)18-15-23-12-13-27(26(20-23)29(30)31)33-21-24-8-5-4-6-9-24/h4-13,19-20H,3,14-18,21H2,1-2H3. The van der Waals surface area contributed by atoms with Crippen molar-refractivity contribution in [1.82, 2.24) is 4.90 Å². The molecule has 0 fully saturated rings. The lowest BCUT2D eigenvalue weighted by Gasteiger charge is -2.22.